The van der Waals surface area contributed by atoms with Crippen molar-refractivity contribution >= 4 is 5.97 Å². The van der Waals surface area contributed by atoms with Gasteiger partial charge in [0.25, 0.3) is 0 Å². The summed E-state index contributed by atoms with van der Waals surface area (Å²) in [6.45, 7) is 13.4. The van der Waals surface area contributed by atoms with E-state index in [-0.39, 0.29) is 0 Å². The smallest absolute Gasteiger partial charge is 0.324 e. The Hall–Kier alpha value is -0.610. The summed E-state index contributed by atoms with van der Waals surface area (Å²) >= 11 is 0. The summed E-state index contributed by atoms with van der Waals surface area (Å²) in [4.78, 5) is 13.7. The molecule has 0 aliphatic carbocycles. The van der Waals surface area contributed by atoms with Crippen LogP contribution in [0.2, 0.25) is 0 Å². The Morgan fingerprint density at radius 1 is 1.39 bits per heavy atom. The van der Waals surface area contributed by atoms with Crippen molar-refractivity contribution in [3.8, 4) is 0 Å². The molecule has 0 spiro atoms. The first-order chi connectivity index (χ1) is 8.39. The monoisotopic (exact) mass is 258 g/mol. The van der Waals surface area contributed by atoms with Crippen molar-refractivity contribution in [1.82, 2.24) is 10.2 Å². The lowest BCUT2D eigenvalue weighted by molar-refractivity contribution is -0.145. The molecule has 0 heterocycles. The number of nitrogens with one attached hydrogen (secondary N) is 1. The molecule has 0 saturated heterocycles. The average Bonchev–Trinajstić information content (AvgIpc) is 2.35. The van der Waals surface area contributed by atoms with Crippen molar-refractivity contribution in [1.29, 1.82) is 0 Å². The lowest BCUT2D eigenvalue weighted by atomic mass is 10.00. The summed E-state index contributed by atoms with van der Waals surface area (Å²) in [5.74, 6) is -0.160. The Kier molecular flexibility index (Phi) is 8.20. The zero-order valence-corrected chi connectivity index (χ0v) is 12.6. The van der Waals surface area contributed by atoms with E-state index in [0.717, 1.165) is 32.5 Å². The normalized spacial score (nSPS) is 16.6. The summed E-state index contributed by atoms with van der Waals surface area (Å²) < 4.78 is 0. The fraction of sp³-hybridized carbons (Fsp3) is 0.929. The lowest BCUT2D eigenvalue weighted by Gasteiger charge is -2.33. The molecular formula is C14H30N2O2. The van der Waals surface area contributed by atoms with Crippen molar-refractivity contribution in [2.24, 2.45) is 5.92 Å². The van der Waals surface area contributed by atoms with E-state index in [2.05, 4.69) is 31.0 Å². The van der Waals surface area contributed by atoms with Crippen LogP contribution in [0.25, 0.3) is 0 Å². The third kappa shape index (κ3) is 5.83. The number of nitrogens with zero attached hydrogens (tertiary/aromatic N) is 1. The number of rotatable bonds is 10. The van der Waals surface area contributed by atoms with Gasteiger partial charge in [0.05, 0.1) is 0 Å². The topological polar surface area (TPSA) is 52.6 Å². The zero-order valence-electron chi connectivity index (χ0n) is 12.6. The van der Waals surface area contributed by atoms with Crippen LogP contribution < -0.4 is 5.32 Å². The van der Waals surface area contributed by atoms with Gasteiger partial charge >= 0.3 is 5.97 Å². The van der Waals surface area contributed by atoms with Crippen molar-refractivity contribution in [2.75, 3.05) is 26.2 Å². The lowest BCUT2D eigenvalue weighted by Crippen LogP contribution is -2.57. The molecule has 0 aliphatic rings. The number of hydrogen-bond acceptors (Lipinski definition) is 3. The van der Waals surface area contributed by atoms with Gasteiger partial charge in [0.15, 0.2) is 0 Å². The van der Waals surface area contributed by atoms with Crippen LogP contribution in [0.4, 0.5) is 0 Å². The van der Waals surface area contributed by atoms with Crippen LogP contribution in [0.1, 0.15) is 47.5 Å². The van der Waals surface area contributed by atoms with E-state index < -0.39 is 11.5 Å². The largest absolute Gasteiger partial charge is 0.480 e. The molecule has 2 atom stereocenters. The second-order valence-corrected chi connectivity index (χ2v) is 5.41. The van der Waals surface area contributed by atoms with Crippen molar-refractivity contribution in [3.05, 3.63) is 0 Å². The molecule has 4 heteroatoms. The minimum absolute atomic E-state index is 0.559. The summed E-state index contributed by atoms with van der Waals surface area (Å²) in [7, 11) is 0. The first-order valence-electron chi connectivity index (χ1n) is 7.10. The molecule has 0 aromatic carbocycles. The average molecular weight is 258 g/mol. The van der Waals surface area contributed by atoms with Crippen LogP contribution in [0, 0.1) is 5.92 Å². The van der Waals surface area contributed by atoms with Gasteiger partial charge in [-0.2, -0.15) is 0 Å². The van der Waals surface area contributed by atoms with Gasteiger partial charge in [0.2, 0.25) is 0 Å². The fourth-order valence-electron chi connectivity index (χ4n) is 1.92. The molecule has 108 valence electrons. The quantitative estimate of drug-likeness (QED) is 0.631. The predicted octanol–water partition coefficient (Wildman–Crippen LogP) is 2.20. The van der Waals surface area contributed by atoms with Gasteiger partial charge in [-0.25, -0.2) is 0 Å². The molecular weight excluding hydrogens is 228 g/mol. The maximum atomic E-state index is 11.4. The third-order valence-electron chi connectivity index (χ3n) is 3.49. The van der Waals surface area contributed by atoms with E-state index in [0.29, 0.717) is 12.5 Å². The Morgan fingerprint density at radius 3 is 2.39 bits per heavy atom. The second-order valence-electron chi connectivity index (χ2n) is 5.41. The van der Waals surface area contributed by atoms with Crippen molar-refractivity contribution in [3.63, 3.8) is 0 Å². The third-order valence-corrected chi connectivity index (χ3v) is 3.49. The summed E-state index contributed by atoms with van der Waals surface area (Å²) in [5, 5.41) is 12.6. The standard InChI is InChI=1S/C14H30N2O2/c1-6-9-15-14(5,13(17)18)11-16(8-3)10-12(4)7-2/h12,15H,6-11H2,1-5H3,(H,17,18). The van der Waals surface area contributed by atoms with Gasteiger partial charge in [-0.3, -0.25) is 4.79 Å². The Bertz CT molecular complexity index is 246. The number of carboxylic acid groups (broad SMARTS) is 1. The fourth-order valence-corrected chi connectivity index (χ4v) is 1.92. The van der Waals surface area contributed by atoms with Crippen LogP contribution >= 0.6 is 0 Å². The van der Waals surface area contributed by atoms with Crippen LogP contribution in [0.15, 0.2) is 0 Å². The van der Waals surface area contributed by atoms with Crippen LogP contribution in [0.3, 0.4) is 0 Å². The number of hydrogen-bond donors (Lipinski definition) is 2. The van der Waals surface area contributed by atoms with Gasteiger partial charge < -0.3 is 15.3 Å². The maximum Gasteiger partial charge on any atom is 0.324 e. The van der Waals surface area contributed by atoms with Crippen LogP contribution in [-0.2, 0) is 4.79 Å². The van der Waals surface area contributed by atoms with E-state index >= 15 is 0 Å². The molecule has 0 aliphatic heterocycles. The van der Waals surface area contributed by atoms with E-state index in [1.807, 2.05) is 6.92 Å². The summed E-state index contributed by atoms with van der Waals surface area (Å²) in [6, 6.07) is 0. The molecule has 0 saturated carbocycles. The highest BCUT2D eigenvalue weighted by Gasteiger charge is 2.34. The minimum Gasteiger partial charge on any atom is -0.480 e. The summed E-state index contributed by atoms with van der Waals surface area (Å²) in [5.41, 5.74) is -0.848. The van der Waals surface area contributed by atoms with Crippen molar-refractivity contribution < 1.29 is 9.90 Å². The Morgan fingerprint density at radius 2 is 2.00 bits per heavy atom. The molecule has 0 aromatic heterocycles. The molecule has 0 amide bonds. The first-order valence-corrected chi connectivity index (χ1v) is 7.10. The van der Waals surface area contributed by atoms with E-state index in [1.165, 1.54) is 0 Å². The maximum absolute atomic E-state index is 11.4. The molecule has 0 bridgehead atoms. The highest BCUT2D eigenvalue weighted by atomic mass is 16.4. The molecule has 4 nitrogen and oxygen atoms in total. The second kappa shape index (κ2) is 8.48. The van der Waals surface area contributed by atoms with Crippen LogP contribution in [0.5, 0.6) is 0 Å². The number of carboxylic acids is 1. The van der Waals surface area contributed by atoms with E-state index in [1.54, 1.807) is 6.92 Å². The molecule has 0 radical (unpaired) electrons. The SMILES string of the molecule is CCCNC(C)(CN(CC)CC(C)CC)C(=O)O. The van der Waals surface area contributed by atoms with E-state index in [9.17, 15) is 9.90 Å². The number of aliphatic carboxylic acids is 1. The molecule has 2 unspecified atom stereocenters. The van der Waals surface area contributed by atoms with Gasteiger partial charge in [0.1, 0.15) is 5.54 Å². The molecule has 0 fully saturated rings. The van der Waals surface area contributed by atoms with Gasteiger partial charge in [-0.1, -0.05) is 34.1 Å². The zero-order chi connectivity index (χ0) is 14.2. The molecule has 0 rings (SSSR count). The number of likely N-dealkylation sites (N-methyl/N-ethyl adjacent to an activating group) is 1. The summed E-state index contributed by atoms with van der Waals surface area (Å²) in [6.07, 6.45) is 2.07. The Labute approximate surface area is 112 Å². The minimum atomic E-state index is -0.848. The van der Waals surface area contributed by atoms with Gasteiger partial charge in [-0.15, -0.1) is 0 Å². The van der Waals surface area contributed by atoms with E-state index in [4.69, 9.17) is 0 Å². The van der Waals surface area contributed by atoms with Gasteiger partial charge in [-0.05, 0) is 32.4 Å². The predicted molar refractivity (Wildman–Crippen MR) is 75.9 cm³/mol. The number of carbonyl (C=O) groups is 1. The Balaban J connectivity index is 4.57. The first kappa shape index (κ1) is 17.4. The molecule has 18 heavy (non-hydrogen) atoms. The highest BCUT2D eigenvalue weighted by molar-refractivity contribution is 5.78. The van der Waals surface area contributed by atoms with Gasteiger partial charge in [0, 0.05) is 13.1 Å². The molecule has 2 N–H and O–H groups in total. The van der Waals surface area contributed by atoms with Crippen LogP contribution in [-0.4, -0.2) is 47.7 Å². The van der Waals surface area contributed by atoms with Crippen molar-refractivity contribution in [2.45, 2.75) is 53.0 Å². The molecule has 0 aromatic rings. The highest BCUT2D eigenvalue weighted by Crippen LogP contribution is 2.11.